The fourth-order valence-corrected chi connectivity index (χ4v) is 3.37. The second-order valence-electron chi connectivity index (χ2n) is 5.89. The zero-order valence-corrected chi connectivity index (χ0v) is 15.6. The van der Waals surface area contributed by atoms with Gasteiger partial charge in [0.1, 0.15) is 0 Å². The Hall–Kier alpha value is -2.51. The number of nitrogens with zero attached hydrogens (tertiary/aromatic N) is 3. The van der Waals surface area contributed by atoms with Gasteiger partial charge in [0.2, 0.25) is 17.7 Å². The molecule has 6 nitrogen and oxygen atoms in total. The summed E-state index contributed by atoms with van der Waals surface area (Å²) in [5.41, 5.74) is 0.942. The summed E-state index contributed by atoms with van der Waals surface area (Å²) in [5.74, 6) is 0.883. The highest BCUT2D eigenvalue weighted by molar-refractivity contribution is 7.09. The molecule has 0 aliphatic carbocycles. The van der Waals surface area contributed by atoms with Gasteiger partial charge < -0.3 is 14.1 Å². The Morgan fingerprint density at radius 1 is 1.23 bits per heavy atom. The van der Waals surface area contributed by atoms with Crippen molar-refractivity contribution < 1.29 is 13.9 Å². The topological polar surface area (TPSA) is 68.5 Å². The molecule has 1 amide bonds. The molecule has 0 unspecified atom stereocenters. The first-order valence-corrected chi connectivity index (χ1v) is 9.21. The molecule has 1 aromatic carbocycles. The fraction of sp³-hybridized carbons (Fsp3) is 0.316. The van der Waals surface area contributed by atoms with Gasteiger partial charge in [0.05, 0.1) is 6.54 Å². The summed E-state index contributed by atoms with van der Waals surface area (Å²) in [6.45, 7) is 0.616. The standard InChI is InChI=1S/C19H21N3O3S/c1-22(13-15-9-6-12-26-15)17(23)11-10-16-20-21-19(25-16)18(24-2)14-7-4-3-5-8-14/h3-9,12,18H,10-11,13H2,1-2H3/t18-/m0/s1. The number of rotatable bonds is 8. The van der Waals surface area contributed by atoms with Crippen LogP contribution in [-0.2, 0) is 22.5 Å². The van der Waals surface area contributed by atoms with Crippen molar-refractivity contribution in [3.8, 4) is 0 Å². The highest BCUT2D eigenvalue weighted by Gasteiger charge is 2.20. The van der Waals surface area contributed by atoms with Crippen LogP contribution in [0.4, 0.5) is 0 Å². The second kappa shape index (κ2) is 8.73. The van der Waals surface area contributed by atoms with Gasteiger partial charge >= 0.3 is 0 Å². The van der Waals surface area contributed by atoms with Gasteiger partial charge in [-0.2, -0.15) is 0 Å². The molecule has 0 aliphatic rings. The average Bonchev–Trinajstić information content (AvgIpc) is 3.33. The van der Waals surface area contributed by atoms with E-state index in [1.54, 1.807) is 30.4 Å². The van der Waals surface area contributed by atoms with Crippen molar-refractivity contribution in [1.82, 2.24) is 15.1 Å². The van der Waals surface area contributed by atoms with Crippen molar-refractivity contribution in [2.75, 3.05) is 14.2 Å². The van der Waals surface area contributed by atoms with Crippen LogP contribution in [0.3, 0.4) is 0 Å². The molecule has 0 spiro atoms. The monoisotopic (exact) mass is 371 g/mol. The third kappa shape index (κ3) is 4.56. The van der Waals surface area contributed by atoms with Crippen molar-refractivity contribution in [2.24, 2.45) is 0 Å². The van der Waals surface area contributed by atoms with Crippen molar-refractivity contribution in [3.05, 3.63) is 70.1 Å². The molecule has 0 radical (unpaired) electrons. The summed E-state index contributed by atoms with van der Waals surface area (Å²) in [7, 11) is 3.41. The van der Waals surface area contributed by atoms with E-state index in [2.05, 4.69) is 10.2 Å². The highest BCUT2D eigenvalue weighted by Crippen LogP contribution is 2.24. The Morgan fingerprint density at radius 2 is 2.04 bits per heavy atom. The molecule has 0 bridgehead atoms. The molecule has 7 heteroatoms. The molecular weight excluding hydrogens is 350 g/mol. The molecule has 2 aromatic heterocycles. The third-order valence-corrected chi connectivity index (χ3v) is 4.86. The number of aryl methyl sites for hydroxylation is 1. The average molecular weight is 371 g/mol. The minimum atomic E-state index is -0.408. The molecule has 26 heavy (non-hydrogen) atoms. The van der Waals surface area contributed by atoms with E-state index in [1.807, 2.05) is 47.8 Å². The van der Waals surface area contributed by atoms with Crippen LogP contribution in [-0.4, -0.2) is 35.2 Å². The molecule has 136 valence electrons. The minimum absolute atomic E-state index is 0.0458. The predicted octanol–water partition coefficient (Wildman–Crippen LogP) is 3.46. The van der Waals surface area contributed by atoms with Crippen LogP contribution in [0, 0.1) is 0 Å². The number of aromatic nitrogens is 2. The summed E-state index contributed by atoms with van der Waals surface area (Å²) in [6.07, 6.45) is 0.327. The second-order valence-corrected chi connectivity index (χ2v) is 6.92. The van der Waals surface area contributed by atoms with E-state index in [0.29, 0.717) is 31.2 Å². The molecule has 0 N–H and O–H groups in total. The van der Waals surface area contributed by atoms with E-state index >= 15 is 0 Å². The summed E-state index contributed by atoms with van der Waals surface area (Å²) in [6, 6.07) is 13.7. The summed E-state index contributed by atoms with van der Waals surface area (Å²) >= 11 is 1.64. The van der Waals surface area contributed by atoms with Gasteiger partial charge in [-0.15, -0.1) is 21.5 Å². The van der Waals surface area contributed by atoms with E-state index in [0.717, 1.165) is 10.4 Å². The normalized spacial score (nSPS) is 12.1. The van der Waals surface area contributed by atoms with Gasteiger partial charge in [-0.3, -0.25) is 4.79 Å². The van der Waals surface area contributed by atoms with Gasteiger partial charge in [-0.1, -0.05) is 36.4 Å². The van der Waals surface area contributed by atoms with Crippen molar-refractivity contribution in [1.29, 1.82) is 0 Å². The Balaban J connectivity index is 1.57. The first-order chi connectivity index (χ1) is 12.7. The van der Waals surface area contributed by atoms with Gasteiger partial charge in [0.25, 0.3) is 0 Å². The molecule has 1 atom stereocenters. The molecule has 0 fully saturated rings. The lowest BCUT2D eigenvalue weighted by molar-refractivity contribution is -0.130. The number of ether oxygens (including phenoxy) is 1. The van der Waals surface area contributed by atoms with Gasteiger partial charge in [0.15, 0.2) is 6.10 Å². The third-order valence-electron chi connectivity index (χ3n) is 4.00. The van der Waals surface area contributed by atoms with E-state index in [9.17, 15) is 4.79 Å². The zero-order chi connectivity index (χ0) is 18.4. The SMILES string of the molecule is CO[C@@H](c1ccccc1)c1nnc(CCC(=O)N(C)Cc2cccs2)o1. The van der Waals surface area contributed by atoms with E-state index in [1.165, 1.54) is 0 Å². The molecule has 0 aliphatic heterocycles. The first kappa shape index (κ1) is 18.3. The molecular formula is C19H21N3O3S. The fourth-order valence-electron chi connectivity index (χ4n) is 2.61. The quantitative estimate of drug-likeness (QED) is 0.607. The minimum Gasteiger partial charge on any atom is -0.422 e. The molecule has 0 saturated carbocycles. The Labute approximate surface area is 156 Å². The smallest absolute Gasteiger partial charge is 0.249 e. The van der Waals surface area contributed by atoms with E-state index in [-0.39, 0.29) is 5.91 Å². The number of methoxy groups -OCH3 is 1. The number of hydrogen-bond donors (Lipinski definition) is 0. The Morgan fingerprint density at radius 3 is 2.73 bits per heavy atom. The summed E-state index contributed by atoms with van der Waals surface area (Å²) in [4.78, 5) is 15.1. The van der Waals surface area contributed by atoms with E-state index in [4.69, 9.17) is 9.15 Å². The van der Waals surface area contributed by atoms with Gasteiger partial charge in [-0.05, 0) is 17.0 Å². The van der Waals surface area contributed by atoms with Crippen molar-refractivity contribution in [3.63, 3.8) is 0 Å². The van der Waals surface area contributed by atoms with Crippen LogP contribution in [0.2, 0.25) is 0 Å². The van der Waals surface area contributed by atoms with Crippen LogP contribution in [0.25, 0.3) is 0 Å². The predicted molar refractivity (Wildman–Crippen MR) is 98.7 cm³/mol. The van der Waals surface area contributed by atoms with Crippen LogP contribution < -0.4 is 0 Å². The maximum absolute atomic E-state index is 12.3. The van der Waals surface area contributed by atoms with E-state index < -0.39 is 6.10 Å². The Bertz CT molecular complexity index is 818. The Kier molecular flexibility index (Phi) is 6.14. The number of amides is 1. The van der Waals surface area contributed by atoms with Crippen LogP contribution in [0.5, 0.6) is 0 Å². The first-order valence-electron chi connectivity index (χ1n) is 8.33. The van der Waals surface area contributed by atoms with Crippen molar-refractivity contribution in [2.45, 2.75) is 25.5 Å². The van der Waals surface area contributed by atoms with Gasteiger partial charge in [-0.25, -0.2) is 0 Å². The lowest BCUT2D eigenvalue weighted by Gasteiger charge is -2.15. The van der Waals surface area contributed by atoms with Crippen LogP contribution >= 0.6 is 11.3 Å². The van der Waals surface area contributed by atoms with Crippen molar-refractivity contribution >= 4 is 17.2 Å². The molecule has 0 saturated heterocycles. The number of benzene rings is 1. The number of carbonyl (C=O) groups is 1. The molecule has 2 heterocycles. The number of hydrogen-bond acceptors (Lipinski definition) is 6. The maximum Gasteiger partial charge on any atom is 0.249 e. The number of carbonyl (C=O) groups excluding carboxylic acids is 1. The maximum atomic E-state index is 12.3. The van der Waals surface area contributed by atoms with Crippen LogP contribution in [0.1, 0.15) is 34.7 Å². The largest absolute Gasteiger partial charge is 0.422 e. The summed E-state index contributed by atoms with van der Waals surface area (Å²) < 4.78 is 11.2. The highest BCUT2D eigenvalue weighted by atomic mass is 32.1. The molecule has 3 aromatic rings. The lowest BCUT2D eigenvalue weighted by atomic mass is 10.1. The molecule has 3 rings (SSSR count). The summed E-state index contributed by atoms with van der Waals surface area (Å²) in [5, 5.41) is 10.1. The van der Waals surface area contributed by atoms with Gasteiger partial charge in [0, 0.05) is 31.9 Å². The lowest BCUT2D eigenvalue weighted by Crippen LogP contribution is -2.26. The number of thiophene rings is 1. The zero-order valence-electron chi connectivity index (χ0n) is 14.8. The van der Waals surface area contributed by atoms with Crippen LogP contribution in [0.15, 0.2) is 52.3 Å².